The molecule has 8 nitrogen and oxygen atoms in total. The predicted octanol–water partition coefficient (Wildman–Crippen LogP) is 2.13. The third kappa shape index (κ3) is 4.67. The molecule has 0 bridgehead atoms. The largest absolute Gasteiger partial charge is 0.461 e. The fourth-order valence-electron chi connectivity index (χ4n) is 2.41. The van der Waals surface area contributed by atoms with Crippen molar-refractivity contribution in [2.75, 3.05) is 31.6 Å². The van der Waals surface area contributed by atoms with Gasteiger partial charge in [-0.1, -0.05) is 0 Å². The first-order valence-corrected chi connectivity index (χ1v) is 8.78. The summed E-state index contributed by atoms with van der Waals surface area (Å²) in [5.74, 6) is -1.05. The highest BCUT2D eigenvalue weighted by atomic mass is 32.1. The van der Waals surface area contributed by atoms with Crippen molar-refractivity contribution in [1.29, 1.82) is 0 Å². The van der Waals surface area contributed by atoms with Gasteiger partial charge in [-0.25, -0.2) is 14.6 Å². The van der Waals surface area contributed by atoms with Gasteiger partial charge in [-0.05, 0) is 26.7 Å². The summed E-state index contributed by atoms with van der Waals surface area (Å²) >= 11 is 1.16. The van der Waals surface area contributed by atoms with Crippen molar-refractivity contribution in [2.45, 2.75) is 26.7 Å². The Morgan fingerprint density at radius 1 is 1.33 bits per heavy atom. The Balaban J connectivity index is 1.92. The number of aromatic nitrogens is 1. The summed E-state index contributed by atoms with van der Waals surface area (Å²) in [5, 5.41) is 4.59. The van der Waals surface area contributed by atoms with E-state index in [-0.39, 0.29) is 24.1 Å². The van der Waals surface area contributed by atoms with Crippen molar-refractivity contribution in [1.82, 2.24) is 9.88 Å². The van der Waals surface area contributed by atoms with Gasteiger partial charge in [0.15, 0.2) is 10.8 Å². The number of hydrogen-bond donors (Lipinski definition) is 1. The Morgan fingerprint density at radius 3 is 2.79 bits per heavy atom. The van der Waals surface area contributed by atoms with Gasteiger partial charge in [-0.2, -0.15) is 0 Å². The van der Waals surface area contributed by atoms with Crippen LogP contribution in [0.3, 0.4) is 0 Å². The molecule has 9 heteroatoms. The van der Waals surface area contributed by atoms with Gasteiger partial charge in [0.2, 0.25) is 5.91 Å². The Labute approximate surface area is 144 Å². The van der Waals surface area contributed by atoms with Gasteiger partial charge in [0.05, 0.1) is 19.1 Å². The molecule has 1 aromatic heterocycles. The van der Waals surface area contributed by atoms with Gasteiger partial charge in [0.25, 0.3) is 0 Å². The zero-order chi connectivity index (χ0) is 17.5. The molecular weight excluding hydrogens is 334 g/mol. The molecule has 1 aliphatic heterocycles. The van der Waals surface area contributed by atoms with Crippen LogP contribution in [-0.2, 0) is 14.3 Å². The molecule has 0 aliphatic carbocycles. The highest BCUT2D eigenvalue weighted by molar-refractivity contribution is 7.14. The number of nitrogens with one attached hydrogen (secondary N) is 1. The molecule has 0 radical (unpaired) electrons. The van der Waals surface area contributed by atoms with E-state index < -0.39 is 12.1 Å². The van der Waals surface area contributed by atoms with E-state index in [1.807, 2.05) is 0 Å². The minimum Gasteiger partial charge on any atom is -0.461 e. The second-order valence-corrected chi connectivity index (χ2v) is 6.09. The first-order chi connectivity index (χ1) is 11.5. The summed E-state index contributed by atoms with van der Waals surface area (Å²) in [7, 11) is 0. The number of piperidine rings is 1. The van der Waals surface area contributed by atoms with Crippen LogP contribution in [-0.4, -0.2) is 54.2 Å². The van der Waals surface area contributed by atoms with E-state index in [1.165, 1.54) is 0 Å². The highest BCUT2D eigenvalue weighted by Gasteiger charge is 2.29. The van der Waals surface area contributed by atoms with Crippen LogP contribution in [0.5, 0.6) is 0 Å². The lowest BCUT2D eigenvalue weighted by Crippen LogP contribution is -2.44. The Morgan fingerprint density at radius 2 is 2.08 bits per heavy atom. The average molecular weight is 355 g/mol. The van der Waals surface area contributed by atoms with Gasteiger partial charge in [-0.3, -0.25) is 4.79 Å². The Hall–Kier alpha value is -2.16. The number of nitrogens with zero attached hydrogens (tertiary/aromatic N) is 2. The van der Waals surface area contributed by atoms with E-state index in [0.717, 1.165) is 17.8 Å². The van der Waals surface area contributed by atoms with Gasteiger partial charge in [0.1, 0.15) is 0 Å². The van der Waals surface area contributed by atoms with E-state index in [4.69, 9.17) is 9.47 Å². The molecule has 1 atom stereocenters. The van der Waals surface area contributed by atoms with Crippen molar-refractivity contribution < 1.29 is 23.9 Å². The summed E-state index contributed by atoms with van der Waals surface area (Å²) in [6, 6.07) is 0. The fraction of sp³-hybridized carbons (Fsp3) is 0.600. The molecule has 0 saturated carbocycles. The third-order valence-electron chi connectivity index (χ3n) is 3.54. The first kappa shape index (κ1) is 18.2. The van der Waals surface area contributed by atoms with Gasteiger partial charge < -0.3 is 19.7 Å². The molecule has 1 N–H and O–H groups in total. The molecule has 0 aromatic carbocycles. The maximum absolute atomic E-state index is 12.4. The van der Waals surface area contributed by atoms with E-state index in [2.05, 4.69) is 10.3 Å². The number of anilines is 1. The molecule has 1 aliphatic rings. The zero-order valence-electron chi connectivity index (χ0n) is 13.7. The molecule has 24 heavy (non-hydrogen) atoms. The van der Waals surface area contributed by atoms with Crippen LogP contribution in [0.15, 0.2) is 5.38 Å². The van der Waals surface area contributed by atoms with E-state index in [9.17, 15) is 14.4 Å². The van der Waals surface area contributed by atoms with Crippen molar-refractivity contribution in [3.8, 4) is 0 Å². The number of rotatable bonds is 5. The van der Waals surface area contributed by atoms with Crippen LogP contribution in [0, 0.1) is 5.92 Å². The van der Waals surface area contributed by atoms with Crippen LogP contribution in [0.2, 0.25) is 0 Å². The van der Waals surface area contributed by atoms with Crippen molar-refractivity contribution in [3.63, 3.8) is 0 Å². The SMILES string of the molecule is CCOC(=O)c1csc(NC(=O)C2CCCN(C(=O)OCC)C2)n1. The molecule has 0 spiro atoms. The van der Waals surface area contributed by atoms with Crippen LogP contribution in [0.1, 0.15) is 37.2 Å². The number of ether oxygens (including phenoxy) is 2. The lowest BCUT2D eigenvalue weighted by Gasteiger charge is -2.30. The number of amides is 2. The molecule has 1 saturated heterocycles. The minimum atomic E-state index is -0.514. The van der Waals surface area contributed by atoms with Crippen molar-refractivity contribution in [2.24, 2.45) is 5.92 Å². The molecule has 1 fully saturated rings. The normalized spacial score (nSPS) is 17.2. The molecule has 2 rings (SSSR count). The molecule has 2 heterocycles. The fourth-order valence-corrected chi connectivity index (χ4v) is 3.09. The summed E-state index contributed by atoms with van der Waals surface area (Å²) in [4.78, 5) is 41.3. The average Bonchev–Trinajstić information content (AvgIpc) is 3.04. The molecule has 1 unspecified atom stereocenters. The van der Waals surface area contributed by atoms with Gasteiger partial charge in [0, 0.05) is 18.5 Å². The Kier molecular flexibility index (Phi) is 6.53. The minimum absolute atomic E-state index is 0.175. The topological polar surface area (TPSA) is 97.8 Å². The standard InChI is InChI=1S/C15H21N3O5S/c1-3-22-13(20)11-9-24-14(16-11)17-12(19)10-6-5-7-18(8-10)15(21)23-4-2/h9-10H,3-8H2,1-2H3,(H,16,17,19). The molecule has 2 amide bonds. The second-order valence-electron chi connectivity index (χ2n) is 5.23. The van der Waals surface area contributed by atoms with Gasteiger partial charge >= 0.3 is 12.1 Å². The number of hydrogen-bond acceptors (Lipinski definition) is 7. The maximum Gasteiger partial charge on any atom is 0.409 e. The highest BCUT2D eigenvalue weighted by Crippen LogP contribution is 2.21. The number of carbonyl (C=O) groups excluding carboxylic acids is 3. The van der Waals surface area contributed by atoms with E-state index in [0.29, 0.717) is 31.2 Å². The van der Waals surface area contributed by atoms with Crippen molar-refractivity contribution in [3.05, 3.63) is 11.1 Å². The summed E-state index contributed by atoms with van der Waals surface area (Å²) in [5.41, 5.74) is 0.175. The first-order valence-electron chi connectivity index (χ1n) is 7.90. The lowest BCUT2D eigenvalue weighted by atomic mass is 9.97. The molecule has 132 valence electrons. The summed E-state index contributed by atoms with van der Waals surface area (Å²) in [6.45, 7) is 4.94. The van der Waals surface area contributed by atoms with Crippen LogP contribution in [0.25, 0.3) is 0 Å². The Bertz CT molecular complexity index is 604. The molecule has 1 aromatic rings. The predicted molar refractivity (Wildman–Crippen MR) is 88.0 cm³/mol. The smallest absolute Gasteiger partial charge is 0.409 e. The quantitative estimate of drug-likeness (QED) is 0.813. The van der Waals surface area contributed by atoms with Gasteiger partial charge in [-0.15, -0.1) is 11.3 Å². The van der Waals surface area contributed by atoms with Crippen LogP contribution in [0.4, 0.5) is 9.93 Å². The second kappa shape index (κ2) is 8.62. The van der Waals surface area contributed by atoms with Crippen molar-refractivity contribution >= 4 is 34.4 Å². The maximum atomic E-state index is 12.4. The summed E-state index contributed by atoms with van der Waals surface area (Å²) in [6.07, 6.45) is 1.04. The number of likely N-dealkylation sites (tertiary alicyclic amines) is 1. The number of carbonyl (C=O) groups is 3. The van der Waals surface area contributed by atoms with Crippen LogP contribution < -0.4 is 5.32 Å². The monoisotopic (exact) mass is 355 g/mol. The zero-order valence-corrected chi connectivity index (χ0v) is 14.6. The third-order valence-corrected chi connectivity index (χ3v) is 4.29. The molecular formula is C15H21N3O5S. The number of thiazole rings is 1. The van der Waals surface area contributed by atoms with Crippen LogP contribution >= 0.6 is 11.3 Å². The number of esters is 1. The summed E-state index contributed by atoms with van der Waals surface area (Å²) < 4.78 is 9.83. The van der Waals surface area contributed by atoms with E-state index in [1.54, 1.807) is 24.1 Å². The lowest BCUT2D eigenvalue weighted by molar-refractivity contribution is -0.121. The van der Waals surface area contributed by atoms with E-state index >= 15 is 0 Å².